The summed E-state index contributed by atoms with van der Waals surface area (Å²) in [5.74, 6) is -0.925. The Bertz CT molecular complexity index is 519. The van der Waals surface area contributed by atoms with Gasteiger partial charge in [0, 0.05) is 16.9 Å². The summed E-state index contributed by atoms with van der Waals surface area (Å²) in [5, 5.41) is 2.71. The molecule has 1 aromatic rings. The first-order valence-corrected chi connectivity index (χ1v) is 7.25. The predicted molar refractivity (Wildman–Crippen MR) is 77.5 cm³/mol. The van der Waals surface area contributed by atoms with Crippen molar-refractivity contribution < 1.29 is 22.7 Å². The molecule has 1 rings (SSSR count). The minimum Gasteiger partial charge on any atom is -0.404 e. The number of thioether (sulfide) groups is 1. The van der Waals surface area contributed by atoms with E-state index in [1.165, 1.54) is 6.07 Å². The molecule has 0 heterocycles. The van der Waals surface area contributed by atoms with Crippen LogP contribution in [0, 0.1) is 0 Å². The van der Waals surface area contributed by atoms with Crippen LogP contribution in [0.4, 0.5) is 18.9 Å². The van der Waals surface area contributed by atoms with Crippen molar-refractivity contribution in [2.45, 2.75) is 25.0 Å². The van der Waals surface area contributed by atoms with Crippen LogP contribution in [0.1, 0.15) is 24.2 Å². The Kier molecular flexibility index (Phi) is 5.38. The van der Waals surface area contributed by atoms with E-state index in [9.17, 15) is 18.0 Å². The Morgan fingerprint density at radius 2 is 2.00 bits per heavy atom. The van der Waals surface area contributed by atoms with Gasteiger partial charge in [0.05, 0.1) is 5.69 Å². The highest BCUT2D eigenvalue weighted by Gasteiger charge is 2.32. The van der Waals surface area contributed by atoms with E-state index < -0.39 is 18.0 Å². The molecule has 8 heteroatoms. The average molecular weight is 322 g/mol. The minimum absolute atomic E-state index is 0.138. The number of halogens is 3. The lowest BCUT2D eigenvalue weighted by Crippen LogP contribution is -2.36. The molecule has 4 nitrogen and oxygen atoms in total. The van der Waals surface area contributed by atoms with E-state index in [4.69, 9.17) is 5.73 Å². The average Bonchev–Trinajstić information content (AvgIpc) is 2.37. The number of amides is 1. The first-order valence-electron chi connectivity index (χ1n) is 6.03. The summed E-state index contributed by atoms with van der Waals surface area (Å²) in [6.45, 7) is 4.35. The molecule has 0 aromatic heterocycles. The lowest BCUT2D eigenvalue weighted by atomic mass is 10.1. The SMILES string of the molecule is CSC(C)(C)CNC(=O)c1ccc(OC(F)(F)F)c(N)c1. The summed E-state index contributed by atoms with van der Waals surface area (Å²) >= 11 is 1.59. The van der Waals surface area contributed by atoms with Crippen molar-refractivity contribution in [2.24, 2.45) is 0 Å². The Balaban J connectivity index is 2.77. The Hall–Kier alpha value is -1.57. The fourth-order valence-electron chi connectivity index (χ4n) is 1.37. The standard InChI is InChI=1S/C13H17F3N2O2S/c1-12(2,21-3)7-18-11(19)8-4-5-10(9(17)6-8)20-13(14,15)16/h4-6H,7,17H2,1-3H3,(H,18,19). The first-order chi connectivity index (χ1) is 9.54. The van der Waals surface area contributed by atoms with Crippen molar-refractivity contribution in [2.75, 3.05) is 18.5 Å². The highest BCUT2D eigenvalue weighted by molar-refractivity contribution is 7.99. The summed E-state index contributed by atoms with van der Waals surface area (Å²) in [6.07, 6.45) is -2.90. The summed E-state index contributed by atoms with van der Waals surface area (Å²) < 4.78 is 39.9. The predicted octanol–water partition coefficient (Wildman–Crippen LogP) is 3.04. The molecule has 21 heavy (non-hydrogen) atoms. The van der Waals surface area contributed by atoms with Crippen molar-refractivity contribution in [1.82, 2.24) is 5.32 Å². The zero-order valence-corrected chi connectivity index (χ0v) is 12.7. The Morgan fingerprint density at radius 1 is 1.38 bits per heavy atom. The second-order valence-corrected chi connectivity index (χ2v) is 6.46. The third-order valence-electron chi connectivity index (χ3n) is 2.72. The van der Waals surface area contributed by atoms with Crippen molar-refractivity contribution in [3.8, 4) is 5.75 Å². The van der Waals surface area contributed by atoms with Crippen LogP contribution in [0.5, 0.6) is 5.75 Å². The molecule has 0 saturated carbocycles. The largest absolute Gasteiger partial charge is 0.573 e. The fourth-order valence-corrected chi connectivity index (χ4v) is 1.59. The second kappa shape index (κ2) is 6.46. The van der Waals surface area contributed by atoms with Crippen LogP contribution in [0.2, 0.25) is 0 Å². The highest BCUT2D eigenvalue weighted by Crippen LogP contribution is 2.29. The number of carbonyl (C=O) groups is 1. The maximum atomic E-state index is 12.1. The maximum Gasteiger partial charge on any atom is 0.573 e. The van der Waals surface area contributed by atoms with E-state index in [0.717, 1.165) is 12.1 Å². The number of carbonyl (C=O) groups excluding carboxylic acids is 1. The molecule has 0 unspecified atom stereocenters. The lowest BCUT2D eigenvalue weighted by molar-refractivity contribution is -0.274. The third kappa shape index (κ3) is 5.74. The molecule has 3 N–H and O–H groups in total. The van der Waals surface area contributed by atoms with Gasteiger partial charge < -0.3 is 15.8 Å². The van der Waals surface area contributed by atoms with Crippen LogP contribution >= 0.6 is 11.8 Å². The van der Waals surface area contributed by atoms with E-state index in [1.54, 1.807) is 11.8 Å². The van der Waals surface area contributed by atoms with Gasteiger partial charge in [-0.3, -0.25) is 4.79 Å². The van der Waals surface area contributed by atoms with Crippen molar-refractivity contribution in [3.63, 3.8) is 0 Å². The van der Waals surface area contributed by atoms with E-state index in [-0.39, 0.29) is 16.0 Å². The second-order valence-electron chi connectivity index (χ2n) is 4.95. The monoisotopic (exact) mass is 322 g/mol. The highest BCUT2D eigenvalue weighted by atomic mass is 32.2. The number of nitrogens with one attached hydrogen (secondary N) is 1. The molecule has 0 atom stereocenters. The Morgan fingerprint density at radius 3 is 2.48 bits per heavy atom. The number of alkyl halides is 3. The molecule has 1 aromatic carbocycles. The Labute approximate surface area is 125 Å². The van der Waals surface area contributed by atoms with E-state index in [2.05, 4.69) is 10.1 Å². The van der Waals surface area contributed by atoms with Gasteiger partial charge in [0.2, 0.25) is 0 Å². The van der Waals surface area contributed by atoms with Gasteiger partial charge in [0.15, 0.2) is 5.75 Å². The van der Waals surface area contributed by atoms with E-state index in [1.807, 2.05) is 20.1 Å². The third-order valence-corrected chi connectivity index (χ3v) is 3.97. The lowest BCUT2D eigenvalue weighted by Gasteiger charge is -2.22. The van der Waals surface area contributed by atoms with Crippen LogP contribution in [-0.2, 0) is 0 Å². The number of anilines is 1. The normalized spacial score (nSPS) is 12.1. The number of ether oxygens (including phenoxy) is 1. The molecule has 1 amide bonds. The zero-order chi connectivity index (χ0) is 16.3. The van der Waals surface area contributed by atoms with Crippen LogP contribution in [0.3, 0.4) is 0 Å². The van der Waals surface area contributed by atoms with Gasteiger partial charge in [-0.05, 0) is 38.3 Å². The van der Waals surface area contributed by atoms with E-state index >= 15 is 0 Å². The van der Waals surface area contributed by atoms with Gasteiger partial charge >= 0.3 is 6.36 Å². The van der Waals surface area contributed by atoms with Crippen LogP contribution in [-0.4, -0.2) is 29.8 Å². The molecule has 0 radical (unpaired) electrons. The number of rotatable bonds is 5. The summed E-state index contributed by atoms with van der Waals surface area (Å²) in [6, 6.07) is 3.42. The summed E-state index contributed by atoms with van der Waals surface area (Å²) in [5.41, 5.74) is 5.40. The molecule has 118 valence electrons. The smallest absolute Gasteiger partial charge is 0.404 e. The first kappa shape index (κ1) is 17.5. The number of hydrogen-bond donors (Lipinski definition) is 2. The van der Waals surface area contributed by atoms with Crippen LogP contribution in [0.25, 0.3) is 0 Å². The zero-order valence-electron chi connectivity index (χ0n) is 11.9. The summed E-state index contributed by atoms with van der Waals surface area (Å²) in [7, 11) is 0. The van der Waals surface area contributed by atoms with Gasteiger partial charge in [-0.15, -0.1) is 13.2 Å². The van der Waals surface area contributed by atoms with Crippen molar-refractivity contribution >= 4 is 23.4 Å². The number of nitrogens with two attached hydrogens (primary N) is 1. The van der Waals surface area contributed by atoms with Gasteiger partial charge in [-0.1, -0.05) is 0 Å². The molecule has 0 spiro atoms. The van der Waals surface area contributed by atoms with Gasteiger partial charge in [-0.2, -0.15) is 11.8 Å². The minimum atomic E-state index is -4.82. The van der Waals surface area contributed by atoms with Crippen LogP contribution < -0.4 is 15.8 Å². The molecule has 0 saturated heterocycles. The number of benzene rings is 1. The van der Waals surface area contributed by atoms with Gasteiger partial charge in [0.1, 0.15) is 0 Å². The molecule has 0 aliphatic carbocycles. The molecule has 0 aliphatic heterocycles. The van der Waals surface area contributed by atoms with Gasteiger partial charge in [-0.25, -0.2) is 0 Å². The molecule has 0 aliphatic rings. The number of hydrogen-bond acceptors (Lipinski definition) is 4. The van der Waals surface area contributed by atoms with Crippen molar-refractivity contribution in [1.29, 1.82) is 0 Å². The van der Waals surface area contributed by atoms with Crippen molar-refractivity contribution in [3.05, 3.63) is 23.8 Å². The van der Waals surface area contributed by atoms with E-state index in [0.29, 0.717) is 6.54 Å². The molecule has 0 fully saturated rings. The molecule has 0 bridgehead atoms. The quantitative estimate of drug-likeness (QED) is 0.818. The van der Waals surface area contributed by atoms with Crippen LogP contribution in [0.15, 0.2) is 18.2 Å². The number of nitrogen functional groups attached to an aromatic ring is 1. The molecular weight excluding hydrogens is 305 g/mol. The molecular formula is C13H17F3N2O2S. The topological polar surface area (TPSA) is 64.3 Å². The summed E-state index contributed by atoms with van der Waals surface area (Å²) in [4.78, 5) is 11.9. The maximum absolute atomic E-state index is 12.1. The van der Waals surface area contributed by atoms with Gasteiger partial charge in [0.25, 0.3) is 5.91 Å². The fraction of sp³-hybridized carbons (Fsp3) is 0.462.